The van der Waals surface area contributed by atoms with Crippen LogP contribution >= 0.6 is 24.0 Å². The molecular formula is C22H37IN4O3. The van der Waals surface area contributed by atoms with Crippen molar-refractivity contribution in [2.24, 2.45) is 10.9 Å². The first-order chi connectivity index (χ1) is 13.8. The number of carbonyl (C=O) groups is 1. The van der Waals surface area contributed by atoms with Crippen LogP contribution < -0.4 is 15.4 Å². The highest BCUT2D eigenvalue weighted by atomic mass is 127. The fourth-order valence-corrected chi connectivity index (χ4v) is 3.17. The summed E-state index contributed by atoms with van der Waals surface area (Å²) in [5, 5.41) is 6.74. The number of piperidine rings is 1. The topological polar surface area (TPSA) is 75.2 Å². The normalized spacial score (nSPS) is 15.2. The number of nitrogens with one attached hydrogen (secondary N) is 2. The second-order valence-corrected chi connectivity index (χ2v) is 8.34. The Bertz CT molecular complexity index is 683. The van der Waals surface area contributed by atoms with E-state index in [-0.39, 0.29) is 30.1 Å². The summed E-state index contributed by atoms with van der Waals surface area (Å²) in [5.41, 5.74) is 0.655. The van der Waals surface area contributed by atoms with Crippen LogP contribution in [-0.4, -0.2) is 55.8 Å². The molecule has 0 unspecified atom stereocenters. The summed E-state index contributed by atoms with van der Waals surface area (Å²) in [7, 11) is 1.67. The maximum Gasteiger partial charge on any atom is 0.410 e. The van der Waals surface area contributed by atoms with Crippen LogP contribution in [0.1, 0.15) is 46.1 Å². The summed E-state index contributed by atoms with van der Waals surface area (Å²) in [5.74, 6) is 2.16. The van der Waals surface area contributed by atoms with Gasteiger partial charge in [-0.25, -0.2) is 9.79 Å². The van der Waals surface area contributed by atoms with E-state index in [9.17, 15) is 4.79 Å². The molecule has 2 N–H and O–H groups in total. The Kier molecular flexibility index (Phi) is 11.3. The quantitative estimate of drug-likeness (QED) is 0.329. The number of aliphatic imine (C=N–C) groups is 1. The molecule has 0 atom stereocenters. The van der Waals surface area contributed by atoms with Crippen LogP contribution in [0.25, 0.3) is 0 Å². The van der Waals surface area contributed by atoms with Gasteiger partial charge in [-0.2, -0.15) is 0 Å². The smallest absolute Gasteiger partial charge is 0.410 e. The summed E-state index contributed by atoms with van der Waals surface area (Å²) >= 11 is 0. The van der Waals surface area contributed by atoms with E-state index in [1.165, 1.54) is 0 Å². The van der Waals surface area contributed by atoms with Gasteiger partial charge in [0.1, 0.15) is 11.4 Å². The molecule has 170 valence electrons. The summed E-state index contributed by atoms with van der Waals surface area (Å²) in [6.07, 6.45) is 1.71. The van der Waals surface area contributed by atoms with Crippen molar-refractivity contribution in [1.29, 1.82) is 0 Å². The number of halogens is 1. The lowest BCUT2D eigenvalue weighted by Gasteiger charge is -2.33. The molecule has 1 amide bonds. The maximum absolute atomic E-state index is 12.2. The number of hydrogen-bond acceptors (Lipinski definition) is 4. The number of likely N-dealkylation sites (tertiary alicyclic amines) is 1. The minimum atomic E-state index is -0.449. The minimum absolute atomic E-state index is 0. The maximum atomic E-state index is 12.2. The van der Waals surface area contributed by atoms with E-state index in [1.807, 2.05) is 49.9 Å². The Morgan fingerprint density at radius 3 is 2.53 bits per heavy atom. The molecule has 0 saturated carbocycles. The van der Waals surface area contributed by atoms with Crippen molar-refractivity contribution < 1.29 is 14.3 Å². The largest absolute Gasteiger partial charge is 0.497 e. The molecular weight excluding hydrogens is 495 g/mol. The molecule has 1 fully saturated rings. The lowest BCUT2D eigenvalue weighted by molar-refractivity contribution is 0.0185. The first-order valence-corrected chi connectivity index (χ1v) is 10.4. The average molecular weight is 532 g/mol. The second kappa shape index (κ2) is 12.9. The Balaban J connectivity index is 0.00000450. The third kappa shape index (κ3) is 9.40. The van der Waals surface area contributed by atoms with Crippen molar-refractivity contribution in [2.45, 2.75) is 52.7 Å². The van der Waals surface area contributed by atoms with Crippen LogP contribution in [0.4, 0.5) is 4.79 Å². The molecule has 0 bridgehead atoms. The van der Waals surface area contributed by atoms with Gasteiger partial charge < -0.3 is 25.0 Å². The van der Waals surface area contributed by atoms with E-state index < -0.39 is 5.60 Å². The predicted molar refractivity (Wildman–Crippen MR) is 132 cm³/mol. The zero-order chi connectivity index (χ0) is 21.3. The van der Waals surface area contributed by atoms with E-state index in [1.54, 1.807) is 7.11 Å². The van der Waals surface area contributed by atoms with Crippen LogP contribution in [0.3, 0.4) is 0 Å². The van der Waals surface area contributed by atoms with Crippen LogP contribution in [0.5, 0.6) is 5.75 Å². The molecule has 0 aliphatic carbocycles. The zero-order valence-corrected chi connectivity index (χ0v) is 21.2. The first kappa shape index (κ1) is 26.3. The van der Waals surface area contributed by atoms with E-state index in [0.717, 1.165) is 56.3 Å². The number of ether oxygens (including phenoxy) is 2. The number of amides is 1. The number of nitrogens with zero attached hydrogens (tertiary/aromatic N) is 2. The molecule has 1 aliphatic heterocycles. The lowest BCUT2D eigenvalue weighted by atomic mass is 9.97. The molecule has 30 heavy (non-hydrogen) atoms. The second-order valence-electron chi connectivity index (χ2n) is 8.34. The van der Waals surface area contributed by atoms with Gasteiger partial charge in [0.15, 0.2) is 5.96 Å². The summed E-state index contributed by atoms with van der Waals surface area (Å²) in [4.78, 5) is 18.7. The van der Waals surface area contributed by atoms with E-state index in [4.69, 9.17) is 9.47 Å². The Hall–Kier alpha value is -1.71. The molecule has 1 heterocycles. The van der Waals surface area contributed by atoms with Crippen molar-refractivity contribution in [3.05, 3.63) is 29.8 Å². The summed E-state index contributed by atoms with van der Waals surface area (Å²) in [6.45, 7) is 11.5. The van der Waals surface area contributed by atoms with E-state index in [0.29, 0.717) is 12.5 Å². The van der Waals surface area contributed by atoms with Gasteiger partial charge in [0.2, 0.25) is 0 Å². The molecule has 7 nitrogen and oxygen atoms in total. The molecule has 2 rings (SSSR count). The molecule has 8 heteroatoms. The van der Waals surface area contributed by atoms with Gasteiger partial charge >= 0.3 is 6.09 Å². The molecule has 1 aromatic rings. The van der Waals surface area contributed by atoms with Gasteiger partial charge in [-0.3, -0.25) is 0 Å². The molecule has 1 aromatic carbocycles. The zero-order valence-electron chi connectivity index (χ0n) is 18.9. The van der Waals surface area contributed by atoms with Gasteiger partial charge in [0, 0.05) is 26.2 Å². The highest BCUT2D eigenvalue weighted by molar-refractivity contribution is 14.0. The van der Waals surface area contributed by atoms with Gasteiger partial charge in [0.25, 0.3) is 0 Å². The number of methoxy groups -OCH3 is 1. The Labute approximate surface area is 198 Å². The monoisotopic (exact) mass is 532 g/mol. The van der Waals surface area contributed by atoms with Crippen LogP contribution in [-0.2, 0) is 11.3 Å². The fourth-order valence-electron chi connectivity index (χ4n) is 3.17. The molecule has 1 saturated heterocycles. The van der Waals surface area contributed by atoms with Crippen LogP contribution in [0, 0.1) is 5.92 Å². The number of rotatable bonds is 6. The summed E-state index contributed by atoms with van der Waals surface area (Å²) < 4.78 is 10.7. The van der Waals surface area contributed by atoms with Crippen molar-refractivity contribution in [1.82, 2.24) is 15.5 Å². The number of hydrogen-bond donors (Lipinski definition) is 2. The highest BCUT2D eigenvalue weighted by Gasteiger charge is 2.26. The summed E-state index contributed by atoms with van der Waals surface area (Å²) in [6, 6.07) is 7.95. The van der Waals surface area contributed by atoms with E-state index >= 15 is 0 Å². The highest BCUT2D eigenvalue weighted by Crippen LogP contribution is 2.19. The van der Waals surface area contributed by atoms with Gasteiger partial charge in [0.05, 0.1) is 13.7 Å². The van der Waals surface area contributed by atoms with Gasteiger partial charge in [-0.1, -0.05) is 12.1 Å². The standard InChI is InChI=1S/C22H36N4O3.HI/c1-6-23-20(25-16-18-8-7-9-19(14-18)28-5)24-15-17-10-12-26(13-11-17)21(27)29-22(2,3)4;/h7-9,14,17H,6,10-13,15-16H2,1-5H3,(H2,23,24,25);1H. The van der Waals surface area contributed by atoms with Crippen molar-refractivity contribution >= 4 is 36.0 Å². The third-order valence-corrected chi connectivity index (χ3v) is 4.72. The fraction of sp³-hybridized carbons (Fsp3) is 0.636. The van der Waals surface area contributed by atoms with Gasteiger partial charge in [-0.05, 0) is 64.2 Å². The molecule has 0 radical (unpaired) electrons. The third-order valence-electron chi connectivity index (χ3n) is 4.72. The minimum Gasteiger partial charge on any atom is -0.497 e. The van der Waals surface area contributed by atoms with Crippen LogP contribution in [0.2, 0.25) is 0 Å². The molecule has 1 aliphatic rings. The molecule has 0 aromatic heterocycles. The average Bonchev–Trinajstić information content (AvgIpc) is 2.69. The number of benzene rings is 1. The van der Waals surface area contributed by atoms with Gasteiger partial charge in [-0.15, -0.1) is 24.0 Å². The number of carbonyl (C=O) groups excluding carboxylic acids is 1. The first-order valence-electron chi connectivity index (χ1n) is 10.4. The predicted octanol–water partition coefficient (Wildman–Crippen LogP) is 4.02. The molecule has 0 spiro atoms. The van der Waals surface area contributed by atoms with E-state index in [2.05, 4.69) is 22.5 Å². The Morgan fingerprint density at radius 2 is 1.93 bits per heavy atom. The lowest BCUT2D eigenvalue weighted by Crippen LogP contribution is -2.45. The van der Waals surface area contributed by atoms with Crippen molar-refractivity contribution in [3.63, 3.8) is 0 Å². The Morgan fingerprint density at radius 1 is 1.23 bits per heavy atom. The van der Waals surface area contributed by atoms with Crippen molar-refractivity contribution in [3.8, 4) is 5.75 Å². The van der Waals surface area contributed by atoms with Crippen molar-refractivity contribution in [2.75, 3.05) is 33.3 Å². The van der Waals surface area contributed by atoms with Crippen LogP contribution in [0.15, 0.2) is 29.3 Å². The number of guanidine groups is 1. The SMILES string of the molecule is CCNC(=NCc1cccc(OC)c1)NCC1CCN(C(=O)OC(C)(C)C)CC1.I.